The van der Waals surface area contributed by atoms with Crippen LogP contribution in [-0.4, -0.2) is 29.1 Å². The van der Waals surface area contributed by atoms with Gasteiger partial charge in [0.25, 0.3) is 5.91 Å². The van der Waals surface area contributed by atoms with Gasteiger partial charge in [-0.2, -0.15) is 0 Å². The normalized spacial score (nSPS) is 15.5. The number of nitrogens with one attached hydrogen (secondary N) is 1. The Balaban J connectivity index is 1.58. The number of hydrogen-bond acceptors (Lipinski definition) is 4. The highest BCUT2D eigenvalue weighted by Gasteiger charge is 2.42. The van der Waals surface area contributed by atoms with Crippen LogP contribution in [0.3, 0.4) is 0 Å². The van der Waals surface area contributed by atoms with E-state index in [1.54, 1.807) is 5.38 Å². The molecule has 1 aromatic carbocycles. The monoisotopic (exact) mass is 316 g/mol. The highest BCUT2D eigenvalue weighted by atomic mass is 32.1. The van der Waals surface area contributed by atoms with Crippen molar-refractivity contribution >= 4 is 17.2 Å². The van der Waals surface area contributed by atoms with E-state index in [1.165, 1.54) is 22.5 Å². The summed E-state index contributed by atoms with van der Waals surface area (Å²) in [5.74, 6) is -0.147. The average Bonchev–Trinajstić information content (AvgIpc) is 3.17. The molecule has 2 aromatic rings. The Hall–Kier alpha value is -1.72. The molecule has 0 radical (unpaired) electrons. The van der Waals surface area contributed by atoms with E-state index in [1.807, 2.05) is 0 Å². The van der Waals surface area contributed by atoms with Crippen LogP contribution in [0, 0.1) is 12.3 Å². The molecule has 3 rings (SSSR count). The van der Waals surface area contributed by atoms with Crippen molar-refractivity contribution in [3.8, 4) is 0 Å². The molecule has 0 aliphatic heterocycles. The number of aliphatic hydroxyl groups is 1. The number of carbonyl (C=O) groups is 1. The van der Waals surface area contributed by atoms with Gasteiger partial charge in [0.2, 0.25) is 0 Å². The van der Waals surface area contributed by atoms with Crippen molar-refractivity contribution < 1.29 is 9.90 Å². The Morgan fingerprint density at radius 3 is 2.73 bits per heavy atom. The molecule has 0 spiro atoms. The molecule has 4 nitrogen and oxygen atoms in total. The summed E-state index contributed by atoms with van der Waals surface area (Å²) >= 11 is 1.51. The van der Waals surface area contributed by atoms with Gasteiger partial charge in [-0.1, -0.05) is 29.8 Å². The van der Waals surface area contributed by atoms with Gasteiger partial charge in [-0.05, 0) is 25.3 Å². The lowest BCUT2D eigenvalue weighted by Crippen LogP contribution is -2.32. The third-order valence-electron chi connectivity index (χ3n) is 4.18. The summed E-state index contributed by atoms with van der Waals surface area (Å²) in [5, 5.41) is 14.9. The summed E-state index contributed by atoms with van der Waals surface area (Å²) in [4.78, 5) is 16.5. The van der Waals surface area contributed by atoms with E-state index in [2.05, 4.69) is 41.5 Å². The lowest BCUT2D eigenvalue weighted by Gasteiger charge is -2.11. The number of carbonyl (C=O) groups excluding carboxylic acids is 1. The molecule has 116 valence electrons. The highest BCUT2D eigenvalue weighted by molar-refractivity contribution is 7.09. The zero-order chi connectivity index (χ0) is 15.6. The molecule has 1 fully saturated rings. The molecular weight excluding hydrogens is 296 g/mol. The minimum atomic E-state index is -0.147. The second kappa shape index (κ2) is 6.18. The van der Waals surface area contributed by atoms with Gasteiger partial charge in [0.15, 0.2) is 0 Å². The second-order valence-electron chi connectivity index (χ2n) is 6.13. The molecule has 1 aliphatic rings. The fourth-order valence-electron chi connectivity index (χ4n) is 2.30. The largest absolute Gasteiger partial charge is 0.396 e. The predicted molar refractivity (Wildman–Crippen MR) is 87.2 cm³/mol. The van der Waals surface area contributed by atoms with E-state index in [-0.39, 0.29) is 17.9 Å². The van der Waals surface area contributed by atoms with E-state index in [0.29, 0.717) is 12.2 Å². The van der Waals surface area contributed by atoms with E-state index in [4.69, 9.17) is 0 Å². The second-order valence-corrected chi connectivity index (χ2v) is 7.07. The van der Waals surface area contributed by atoms with Gasteiger partial charge in [-0.3, -0.25) is 4.79 Å². The van der Waals surface area contributed by atoms with Gasteiger partial charge in [0, 0.05) is 23.8 Å². The maximum atomic E-state index is 12.1. The minimum absolute atomic E-state index is 0.0730. The van der Waals surface area contributed by atoms with E-state index in [0.717, 1.165) is 24.3 Å². The third kappa shape index (κ3) is 3.54. The summed E-state index contributed by atoms with van der Waals surface area (Å²) in [7, 11) is 0. The van der Waals surface area contributed by atoms with Crippen LogP contribution in [0.2, 0.25) is 0 Å². The van der Waals surface area contributed by atoms with Crippen LogP contribution in [0.5, 0.6) is 0 Å². The zero-order valence-electron chi connectivity index (χ0n) is 12.6. The smallest absolute Gasteiger partial charge is 0.270 e. The van der Waals surface area contributed by atoms with Gasteiger partial charge < -0.3 is 10.4 Å². The molecule has 2 N–H and O–H groups in total. The van der Waals surface area contributed by atoms with Crippen molar-refractivity contribution in [3.63, 3.8) is 0 Å². The van der Waals surface area contributed by atoms with Crippen LogP contribution in [-0.2, 0) is 6.42 Å². The number of aryl methyl sites for hydroxylation is 1. The first kappa shape index (κ1) is 15.2. The van der Waals surface area contributed by atoms with Crippen LogP contribution >= 0.6 is 11.3 Å². The Labute approximate surface area is 134 Å². The first-order valence-corrected chi connectivity index (χ1v) is 8.37. The summed E-state index contributed by atoms with van der Waals surface area (Å²) < 4.78 is 0. The van der Waals surface area contributed by atoms with Gasteiger partial charge >= 0.3 is 0 Å². The van der Waals surface area contributed by atoms with Gasteiger partial charge in [0.05, 0.1) is 11.6 Å². The van der Waals surface area contributed by atoms with Crippen LogP contribution in [0.4, 0.5) is 0 Å². The lowest BCUT2D eigenvalue weighted by atomic mass is 10.1. The van der Waals surface area contributed by atoms with Gasteiger partial charge in [0.1, 0.15) is 5.69 Å². The number of rotatable bonds is 6. The first-order valence-electron chi connectivity index (χ1n) is 7.49. The van der Waals surface area contributed by atoms with Crippen LogP contribution in [0.1, 0.15) is 39.5 Å². The van der Waals surface area contributed by atoms with E-state index < -0.39 is 0 Å². The van der Waals surface area contributed by atoms with Crippen molar-refractivity contribution in [1.82, 2.24) is 10.3 Å². The first-order chi connectivity index (χ1) is 10.6. The predicted octanol–water partition coefficient (Wildman–Crippen LogP) is 2.54. The number of thiazole rings is 1. The van der Waals surface area contributed by atoms with Crippen molar-refractivity contribution in [3.05, 3.63) is 51.5 Å². The number of aromatic nitrogens is 1. The molecule has 1 heterocycles. The molecule has 0 unspecified atom stereocenters. The van der Waals surface area contributed by atoms with Gasteiger partial charge in [-0.15, -0.1) is 11.3 Å². The molecule has 0 bridgehead atoms. The van der Waals surface area contributed by atoms with Gasteiger partial charge in [-0.25, -0.2) is 4.98 Å². The number of aliphatic hydroxyl groups excluding tert-OH is 1. The number of amides is 1. The molecule has 5 heteroatoms. The molecule has 22 heavy (non-hydrogen) atoms. The molecule has 1 aliphatic carbocycles. The molecule has 1 saturated carbocycles. The van der Waals surface area contributed by atoms with Crippen LogP contribution in [0.25, 0.3) is 0 Å². The topological polar surface area (TPSA) is 62.2 Å². The summed E-state index contributed by atoms with van der Waals surface area (Å²) in [6.07, 6.45) is 2.72. The van der Waals surface area contributed by atoms with Crippen molar-refractivity contribution in [2.24, 2.45) is 5.41 Å². The molecule has 1 aromatic heterocycles. The number of benzene rings is 1. The zero-order valence-corrected chi connectivity index (χ0v) is 13.4. The van der Waals surface area contributed by atoms with Crippen molar-refractivity contribution in [1.29, 1.82) is 0 Å². The Morgan fingerprint density at radius 2 is 2.09 bits per heavy atom. The van der Waals surface area contributed by atoms with E-state index in [9.17, 15) is 9.90 Å². The van der Waals surface area contributed by atoms with Crippen molar-refractivity contribution in [2.45, 2.75) is 26.2 Å². The fraction of sp³-hybridized carbons (Fsp3) is 0.412. The lowest BCUT2D eigenvalue weighted by molar-refractivity contribution is 0.0930. The summed E-state index contributed by atoms with van der Waals surface area (Å²) in [6.45, 7) is 2.74. The average molecular weight is 316 g/mol. The standard InChI is InChI=1S/C17H20N2O2S/c1-12-2-4-13(5-3-12)8-15-19-14(9-22-15)16(21)18-10-17(11-20)6-7-17/h2-5,9,20H,6-8,10-11H2,1H3,(H,18,21). The maximum Gasteiger partial charge on any atom is 0.270 e. The Bertz CT molecular complexity index is 660. The maximum absolute atomic E-state index is 12.1. The van der Waals surface area contributed by atoms with Crippen LogP contribution < -0.4 is 5.32 Å². The SMILES string of the molecule is Cc1ccc(Cc2nc(C(=O)NCC3(CO)CC3)cs2)cc1. The summed E-state index contributed by atoms with van der Waals surface area (Å²) in [5.41, 5.74) is 2.84. The van der Waals surface area contributed by atoms with Crippen LogP contribution in [0.15, 0.2) is 29.6 Å². The Kier molecular flexibility index (Phi) is 4.27. The molecule has 1 amide bonds. The number of hydrogen-bond donors (Lipinski definition) is 2. The molecule has 0 saturated heterocycles. The molecular formula is C17H20N2O2S. The van der Waals surface area contributed by atoms with Crippen molar-refractivity contribution in [2.75, 3.05) is 13.2 Å². The number of nitrogens with zero attached hydrogens (tertiary/aromatic N) is 1. The Morgan fingerprint density at radius 1 is 1.36 bits per heavy atom. The highest BCUT2D eigenvalue weighted by Crippen LogP contribution is 2.44. The van der Waals surface area contributed by atoms with E-state index >= 15 is 0 Å². The third-order valence-corrected chi connectivity index (χ3v) is 5.03. The summed E-state index contributed by atoms with van der Waals surface area (Å²) in [6, 6.07) is 8.35. The quantitative estimate of drug-likeness (QED) is 0.861. The minimum Gasteiger partial charge on any atom is -0.396 e. The molecule has 0 atom stereocenters. The fourth-order valence-corrected chi connectivity index (χ4v) is 3.11.